The number of phenols is 1. The maximum atomic E-state index is 11.6. The first kappa shape index (κ1) is 25.7. The molecule has 0 saturated heterocycles. The highest BCUT2D eigenvalue weighted by Gasteiger charge is 2.26. The summed E-state index contributed by atoms with van der Waals surface area (Å²) in [5.74, 6) is -0.250. The molecule has 2 aromatic rings. The van der Waals surface area contributed by atoms with Crippen molar-refractivity contribution in [1.29, 1.82) is 0 Å². The van der Waals surface area contributed by atoms with Crippen LogP contribution in [0.2, 0.25) is 0 Å². The van der Waals surface area contributed by atoms with Crippen molar-refractivity contribution in [2.24, 2.45) is 0 Å². The van der Waals surface area contributed by atoms with Gasteiger partial charge in [-0.25, -0.2) is 4.79 Å². The molecular weight excluding hydrogens is 426 g/mol. The summed E-state index contributed by atoms with van der Waals surface area (Å²) < 4.78 is 4.68. The minimum atomic E-state index is -1.02. The van der Waals surface area contributed by atoms with E-state index in [9.17, 15) is 9.59 Å². The van der Waals surface area contributed by atoms with Crippen LogP contribution in [0.15, 0.2) is 47.4 Å². The third-order valence-electron chi connectivity index (χ3n) is 5.32. The van der Waals surface area contributed by atoms with Crippen molar-refractivity contribution in [3.05, 3.63) is 53.6 Å². The number of ketones is 1. The van der Waals surface area contributed by atoms with E-state index in [1.165, 1.54) is 47.2 Å². The number of carboxylic acids is 1. The number of nitrogens with one attached hydrogen (secondary N) is 1. The van der Waals surface area contributed by atoms with E-state index in [1.54, 1.807) is 18.7 Å². The molecule has 0 radical (unpaired) electrons. The van der Waals surface area contributed by atoms with E-state index in [0.717, 1.165) is 19.4 Å². The predicted octanol–water partition coefficient (Wildman–Crippen LogP) is 4.47. The van der Waals surface area contributed by atoms with Gasteiger partial charge in [0.15, 0.2) is 6.10 Å². The minimum absolute atomic E-state index is 0.121. The number of benzene rings is 2. The SMILES string of the molecule is CCNC1Cc2ccc(SC(C)(C)C(C)=O)cc2C1.C[C@H](Oc1ccc(O)cc1)C(=O)O. The van der Waals surface area contributed by atoms with Gasteiger partial charge in [-0.3, -0.25) is 4.79 Å². The van der Waals surface area contributed by atoms with Gasteiger partial charge in [-0.2, -0.15) is 0 Å². The van der Waals surface area contributed by atoms with Crippen molar-refractivity contribution in [2.75, 3.05) is 6.54 Å². The lowest BCUT2D eigenvalue weighted by Crippen LogP contribution is -2.28. The number of phenolic OH excluding ortho intramolecular Hbond substituents is 1. The van der Waals surface area contributed by atoms with Crippen LogP contribution in [0.25, 0.3) is 0 Å². The Hall–Kier alpha value is -2.51. The second kappa shape index (κ2) is 11.4. The van der Waals surface area contributed by atoms with Gasteiger partial charge in [0.1, 0.15) is 17.3 Å². The molecule has 3 N–H and O–H groups in total. The van der Waals surface area contributed by atoms with E-state index in [-0.39, 0.29) is 16.3 Å². The Bertz CT molecular complexity index is 926. The van der Waals surface area contributed by atoms with Gasteiger partial charge >= 0.3 is 5.97 Å². The van der Waals surface area contributed by atoms with Crippen LogP contribution in [0, 0.1) is 0 Å². The van der Waals surface area contributed by atoms with Crippen molar-refractivity contribution in [2.45, 2.75) is 69.2 Å². The molecule has 0 fully saturated rings. The summed E-state index contributed by atoms with van der Waals surface area (Å²) in [4.78, 5) is 23.2. The highest BCUT2D eigenvalue weighted by Crippen LogP contribution is 2.35. The smallest absolute Gasteiger partial charge is 0.344 e. The molecule has 1 unspecified atom stereocenters. The van der Waals surface area contributed by atoms with Gasteiger partial charge in [0.2, 0.25) is 0 Å². The fourth-order valence-corrected chi connectivity index (χ4v) is 4.31. The lowest BCUT2D eigenvalue weighted by atomic mass is 10.1. The van der Waals surface area contributed by atoms with Crippen molar-refractivity contribution in [3.8, 4) is 11.5 Å². The van der Waals surface area contributed by atoms with Crippen molar-refractivity contribution < 1.29 is 24.5 Å². The van der Waals surface area contributed by atoms with E-state index in [0.29, 0.717) is 11.8 Å². The number of carbonyl (C=O) groups excluding carboxylic acids is 1. The van der Waals surface area contributed by atoms with E-state index >= 15 is 0 Å². The Morgan fingerprint density at radius 1 is 1.16 bits per heavy atom. The number of ether oxygens (including phenoxy) is 1. The molecule has 0 heterocycles. The van der Waals surface area contributed by atoms with Gasteiger partial charge in [-0.15, -0.1) is 11.8 Å². The van der Waals surface area contributed by atoms with Crippen LogP contribution in [0.1, 0.15) is 45.7 Å². The standard InChI is InChI=1S/C16H23NOS.C9H10O4/c1-5-17-14-8-12-6-7-15(10-13(12)9-14)19-16(3,4)11(2)18;1-6(9(11)12)13-8-4-2-7(10)3-5-8/h6-7,10,14,17H,5,8-9H2,1-4H3;2-6,10H,1H3,(H,11,12)/t;6-/m.0/s1. The van der Waals surface area contributed by atoms with Gasteiger partial charge in [0.25, 0.3) is 0 Å². The van der Waals surface area contributed by atoms with Gasteiger partial charge in [-0.05, 0) is 94.6 Å². The topological polar surface area (TPSA) is 95.9 Å². The summed E-state index contributed by atoms with van der Waals surface area (Å²) in [5, 5.41) is 21.0. The molecule has 174 valence electrons. The van der Waals surface area contributed by atoms with Crippen LogP contribution in [-0.4, -0.2) is 45.4 Å². The molecule has 0 aliphatic heterocycles. The number of Topliss-reactive ketones (excluding diaryl/α,β-unsaturated/α-hetero) is 1. The predicted molar refractivity (Wildman–Crippen MR) is 128 cm³/mol. The molecule has 0 bridgehead atoms. The Kier molecular flexibility index (Phi) is 9.16. The van der Waals surface area contributed by atoms with Crippen LogP contribution in [0.4, 0.5) is 0 Å². The van der Waals surface area contributed by atoms with Crippen LogP contribution in [0.5, 0.6) is 11.5 Å². The summed E-state index contributed by atoms with van der Waals surface area (Å²) in [6.45, 7) is 10.3. The average Bonchev–Trinajstić information content (AvgIpc) is 3.11. The molecule has 2 aromatic carbocycles. The number of likely N-dealkylation sites (N-methyl/N-ethyl adjacent to an activating group) is 1. The van der Waals surface area contributed by atoms with E-state index in [4.69, 9.17) is 14.9 Å². The number of hydrogen-bond donors (Lipinski definition) is 3. The molecular formula is C25H33NO5S. The van der Waals surface area contributed by atoms with Crippen LogP contribution in [0.3, 0.4) is 0 Å². The second-order valence-corrected chi connectivity index (χ2v) is 10.1. The largest absolute Gasteiger partial charge is 0.508 e. The van der Waals surface area contributed by atoms with E-state index in [1.807, 2.05) is 13.8 Å². The normalized spacial score (nSPS) is 15.8. The molecule has 7 heteroatoms. The maximum Gasteiger partial charge on any atom is 0.344 e. The summed E-state index contributed by atoms with van der Waals surface area (Å²) in [5.41, 5.74) is 2.89. The number of thioether (sulfide) groups is 1. The first-order valence-electron chi connectivity index (χ1n) is 10.8. The summed E-state index contributed by atoms with van der Waals surface area (Å²) >= 11 is 1.66. The van der Waals surface area contributed by atoms with E-state index in [2.05, 4.69) is 30.4 Å². The molecule has 6 nitrogen and oxygen atoms in total. The summed E-state index contributed by atoms with van der Waals surface area (Å²) in [6, 6.07) is 13.1. The number of aliphatic carboxylic acids is 1. The highest BCUT2D eigenvalue weighted by atomic mass is 32.2. The molecule has 1 aliphatic rings. The quantitative estimate of drug-likeness (QED) is 0.501. The van der Waals surface area contributed by atoms with Crippen LogP contribution in [-0.2, 0) is 22.4 Å². The van der Waals surface area contributed by atoms with E-state index < -0.39 is 12.1 Å². The number of rotatable bonds is 8. The molecule has 0 amide bonds. The first-order chi connectivity index (χ1) is 15.0. The van der Waals surface area contributed by atoms with Crippen LogP contribution >= 0.6 is 11.8 Å². The van der Waals surface area contributed by atoms with Gasteiger partial charge in [-0.1, -0.05) is 13.0 Å². The molecule has 1 aliphatic carbocycles. The molecule has 32 heavy (non-hydrogen) atoms. The third-order valence-corrected chi connectivity index (χ3v) is 6.61. The Morgan fingerprint density at radius 2 is 1.78 bits per heavy atom. The fraction of sp³-hybridized carbons (Fsp3) is 0.440. The third kappa shape index (κ3) is 7.57. The van der Waals surface area contributed by atoms with Crippen molar-refractivity contribution in [3.63, 3.8) is 0 Å². The zero-order valence-electron chi connectivity index (χ0n) is 19.3. The van der Waals surface area contributed by atoms with Crippen molar-refractivity contribution in [1.82, 2.24) is 5.32 Å². The molecule has 2 atom stereocenters. The number of fused-ring (bicyclic) bond motifs is 1. The molecule has 0 spiro atoms. The molecule has 3 rings (SSSR count). The molecule has 0 aromatic heterocycles. The Morgan fingerprint density at radius 3 is 2.34 bits per heavy atom. The zero-order chi connectivity index (χ0) is 23.9. The zero-order valence-corrected chi connectivity index (χ0v) is 20.2. The minimum Gasteiger partial charge on any atom is -0.508 e. The summed E-state index contributed by atoms with van der Waals surface area (Å²) in [7, 11) is 0. The van der Waals surface area contributed by atoms with Crippen molar-refractivity contribution >= 4 is 23.5 Å². The Balaban J connectivity index is 0.000000244. The first-order valence-corrected chi connectivity index (χ1v) is 11.6. The monoisotopic (exact) mass is 459 g/mol. The highest BCUT2D eigenvalue weighted by molar-refractivity contribution is 8.01. The van der Waals surface area contributed by atoms with Gasteiger partial charge in [0, 0.05) is 10.9 Å². The number of carboxylic acid groups (broad SMARTS) is 1. The summed E-state index contributed by atoms with van der Waals surface area (Å²) in [6.07, 6.45) is 1.35. The lowest BCUT2D eigenvalue weighted by molar-refractivity contribution is -0.144. The lowest BCUT2D eigenvalue weighted by Gasteiger charge is -2.20. The average molecular weight is 460 g/mol. The van der Waals surface area contributed by atoms with Gasteiger partial charge < -0.3 is 20.3 Å². The Labute approximate surface area is 194 Å². The van der Waals surface area contributed by atoms with Crippen LogP contribution < -0.4 is 10.1 Å². The number of carbonyl (C=O) groups is 2. The fourth-order valence-electron chi connectivity index (χ4n) is 3.24. The number of aromatic hydroxyl groups is 1. The maximum absolute atomic E-state index is 11.6. The number of hydrogen-bond acceptors (Lipinski definition) is 6. The molecule has 0 saturated carbocycles. The second-order valence-electron chi connectivity index (χ2n) is 8.35. The van der Waals surface area contributed by atoms with Gasteiger partial charge in [0.05, 0.1) is 4.75 Å².